The molecule has 0 atom stereocenters. The number of piperidine rings is 1. The van der Waals surface area contributed by atoms with Crippen molar-refractivity contribution >= 4 is 34.8 Å². The van der Waals surface area contributed by atoms with Gasteiger partial charge in [0.1, 0.15) is 11.5 Å². The molecule has 0 unspecified atom stereocenters. The quantitative estimate of drug-likeness (QED) is 0.524. The van der Waals surface area contributed by atoms with Crippen LogP contribution < -0.4 is 15.5 Å². The van der Waals surface area contributed by atoms with E-state index >= 15 is 0 Å². The molecule has 0 saturated carbocycles. The predicted molar refractivity (Wildman–Crippen MR) is 131 cm³/mol. The average Bonchev–Trinajstić information content (AvgIpc) is 3.49. The number of aromatic nitrogens is 6. The van der Waals surface area contributed by atoms with Gasteiger partial charge in [-0.3, -0.25) is 10.1 Å². The number of hydrogen-bond acceptors (Lipinski definition) is 4. The number of allylic oxidation sites excluding steroid dienone is 2. The summed E-state index contributed by atoms with van der Waals surface area (Å²) in [5, 5.41) is 10.7. The van der Waals surface area contributed by atoms with Crippen LogP contribution >= 0.6 is 0 Å². The summed E-state index contributed by atoms with van der Waals surface area (Å²) in [7, 11) is 2.03. The Bertz CT molecular complexity index is 1410. The van der Waals surface area contributed by atoms with Crippen LogP contribution in [0.25, 0.3) is 40.5 Å². The second kappa shape index (κ2) is 8.15. The number of nitrogens with zero attached hydrogens (tertiary/aromatic N) is 5. The number of imidazole rings is 1. The Hall–Kier alpha value is -3.61. The molecular formula is C25H29N7. The molecule has 1 saturated heterocycles. The minimum atomic E-state index is 0.833. The molecule has 164 valence electrons. The highest BCUT2D eigenvalue weighted by molar-refractivity contribution is 5.95. The standard InChI is InChI=1S/C25H29N7/c1-16(23-15-27-18(3)31(23)4)8-9-20-17(2)25(30-29-20)21-12-19-22(28-21)13-26-14-24(19)32-10-6-5-7-11-32/h8-9,12-15,28-29H,2,5-7,10-11H2,1,3-4H3/b16-8+,20-9+. The Kier molecular flexibility index (Phi) is 5.17. The lowest BCUT2D eigenvalue weighted by Crippen LogP contribution is -2.29. The summed E-state index contributed by atoms with van der Waals surface area (Å²) in [6, 6.07) is 2.18. The lowest BCUT2D eigenvalue weighted by Gasteiger charge is -2.28. The molecular weight excluding hydrogens is 398 g/mol. The Morgan fingerprint density at radius 3 is 2.72 bits per heavy atom. The van der Waals surface area contributed by atoms with E-state index in [2.05, 4.69) is 60.3 Å². The van der Waals surface area contributed by atoms with Crippen molar-refractivity contribution in [2.45, 2.75) is 33.1 Å². The summed E-state index contributed by atoms with van der Waals surface area (Å²) in [5.41, 5.74) is 6.24. The van der Waals surface area contributed by atoms with Crippen LogP contribution in [0.3, 0.4) is 0 Å². The number of rotatable bonds is 4. The third-order valence-corrected chi connectivity index (χ3v) is 6.50. The normalized spacial score (nSPS) is 15.8. The van der Waals surface area contributed by atoms with Crippen molar-refractivity contribution < 1.29 is 0 Å². The molecule has 1 aliphatic heterocycles. The molecule has 0 radical (unpaired) electrons. The molecule has 0 bridgehead atoms. The van der Waals surface area contributed by atoms with Gasteiger partial charge in [0.05, 0.1) is 46.5 Å². The Labute approximate surface area is 187 Å². The van der Waals surface area contributed by atoms with E-state index in [0.29, 0.717) is 0 Å². The molecule has 32 heavy (non-hydrogen) atoms. The fourth-order valence-corrected chi connectivity index (χ4v) is 4.45. The molecule has 1 fully saturated rings. The highest BCUT2D eigenvalue weighted by Crippen LogP contribution is 2.30. The predicted octanol–water partition coefficient (Wildman–Crippen LogP) is 3.28. The van der Waals surface area contributed by atoms with E-state index in [9.17, 15) is 0 Å². The first-order chi connectivity index (χ1) is 15.5. The van der Waals surface area contributed by atoms with E-state index in [1.165, 1.54) is 30.3 Å². The van der Waals surface area contributed by atoms with E-state index in [-0.39, 0.29) is 0 Å². The van der Waals surface area contributed by atoms with E-state index in [0.717, 1.165) is 57.7 Å². The van der Waals surface area contributed by atoms with Crippen LogP contribution in [-0.4, -0.2) is 42.8 Å². The number of hydrogen-bond donors (Lipinski definition) is 2. The molecule has 5 heterocycles. The number of anilines is 1. The molecule has 5 rings (SSSR count). The van der Waals surface area contributed by atoms with Crippen LogP contribution in [0.1, 0.15) is 37.7 Å². The number of nitrogens with one attached hydrogen (secondary N) is 2. The zero-order valence-electron chi connectivity index (χ0n) is 18.9. The number of fused-ring (bicyclic) bond motifs is 1. The van der Waals surface area contributed by atoms with Crippen LogP contribution in [0.5, 0.6) is 0 Å². The van der Waals surface area contributed by atoms with Crippen molar-refractivity contribution in [3.63, 3.8) is 0 Å². The smallest absolute Gasteiger partial charge is 0.116 e. The summed E-state index contributed by atoms with van der Waals surface area (Å²) in [6.07, 6.45) is 13.7. The summed E-state index contributed by atoms with van der Waals surface area (Å²) in [5.74, 6) is 0.992. The average molecular weight is 428 g/mol. The van der Waals surface area contributed by atoms with Crippen molar-refractivity contribution in [3.8, 4) is 11.4 Å². The Morgan fingerprint density at radius 1 is 1.16 bits per heavy atom. The summed E-state index contributed by atoms with van der Waals surface area (Å²) in [4.78, 5) is 14.8. The zero-order chi connectivity index (χ0) is 22.2. The van der Waals surface area contributed by atoms with Gasteiger partial charge in [0.15, 0.2) is 0 Å². The van der Waals surface area contributed by atoms with Gasteiger partial charge in [-0.15, -0.1) is 0 Å². The highest BCUT2D eigenvalue weighted by Gasteiger charge is 2.16. The summed E-state index contributed by atoms with van der Waals surface area (Å²) in [6.45, 7) is 10.6. The lowest BCUT2D eigenvalue weighted by atomic mass is 10.1. The summed E-state index contributed by atoms with van der Waals surface area (Å²) >= 11 is 0. The van der Waals surface area contributed by atoms with Gasteiger partial charge in [0, 0.05) is 30.7 Å². The third kappa shape index (κ3) is 3.53. The van der Waals surface area contributed by atoms with Gasteiger partial charge in [-0.25, -0.2) is 4.98 Å². The number of H-pyrrole nitrogens is 2. The van der Waals surface area contributed by atoms with Gasteiger partial charge < -0.3 is 14.5 Å². The second-order valence-corrected chi connectivity index (χ2v) is 8.58. The first-order valence-electron chi connectivity index (χ1n) is 11.2. The second-order valence-electron chi connectivity index (χ2n) is 8.58. The lowest BCUT2D eigenvalue weighted by molar-refractivity contribution is 0.578. The minimum absolute atomic E-state index is 0.833. The van der Waals surface area contributed by atoms with Gasteiger partial charge in [-0.2, -0.15) is 5.10 Å². The number of aryl methyl sites for hydroxylation is 1. The van der Waals surface area contributed by atoms with Gasteiger partial charge >= 0.3 is 0 Å². The fraction of sp³-hybridized carbons (Fsp3) is 0.320. The van der Waals surface area contributed by atoms with Crippen LogP contribution in [0.4, 0.5) is 5.69 Å². The van der Waals surface area contributed by atoms with Crippen molar-refractivity contribution in [1.82, 2.24) is 29.7 Å². The van der Waals surface area contributed by atoms with Crippen LogP contribution in [-0.2, 0) is 7.05 Å². The molecule has 0 spiro atoms. The van der Waals surface area contributed by atoms with Crippen LogP contribution in [0.15, 0.2) is 30.7 Å². The fourth-order valence-electron chi connectivity index (χ4n) is 4.45. The molecule has 2 N–H and O–H groups in total. The van der Waals surface area contributed by atoms with Crippen molar-refractivity contribution in [2.24, 2.45) is 7.05 Å². The van der Waals surface area contributed by atoms with E-state index in [4.69, 9.17) is 0 Å². The summed E-state index contributed by atoms with van der Waals surface area (Å²) < 4.78 is 2.08. The van der Waals surface area contributed by atoms with Crippen molar-refractivity contribution in [1.29, 1.82) is 0 Å². The molecule has 4 aromatic heterocycles. The molecule has 7 heteroatoms. The maximum absolute atomic E-state index is 4.56. The Morgan fingerprint density at radius 2 is 1.97 bits per heavy atom. The topological polar surface area (TPSA) is 78.4 Å². The van der Waals surface area contributed by atoms with Gasteiger partial charge in [0.2, 0.25) is 0 Å². The van der Waals surface area contributed by atoms with Gasteiger partial charge in [-0.1, -0.05) is 12.7 Å². The Balaban J connectivity index is 1.50. The van der Waals surface area contributed by atoms with E-state index in [1.54, 1.807) is 0 Å². The molecule has 1 aliphatic rings. The number of pyridine rings is 1. The largest absolute Gasteiger partial charge is 0.370 e. The van der Waals surface area contributed by atoms with Gasteiger partial charge in [0.25, 0.3) is 0 Å². The third-order valence-electron chi connectivity index (χ3n) is 6.50. The minimum Gasteiger partial charge on any atom is -0.370 e. The monoisotopic (exact) mass is 427 g/mol. The number of aromatic amines is 2. The van der Waals surface area contributed by atoms with E-state index in [1.807, 2.05) is 38.6 Å². The molecule has 0 aromatic carbocycles. The molecule has 7 nitrogen and oxygen atoms in total. The zero-order valence-corrected chi connectivity index (χ0v) is 18.9. The van der Waals surface area contributed by atoms with Crippen molar-refractivity contribution in [2.75, 3.05) is 18.0 Å². The molecule has 0 amide bonds. The first kappa shape index (κ1) is 20.3. The van der Waals surface area contributed by atoms with Gasteiger partial charge in [-0.05, 0) is 50.8 Å². The maximum atomic E-state index is 4.56. The molecule has 0 aliphatic carbocycles. The van der Waals surface area contributed by atoms with Crippen LogP contribution in [0.2, 0.25) is 0 Å². The molecule has 4 aromatic rings. The van der Waals surface area contributed by atoms with Crippen LogP contribution in [0, 0.1) is 6.92 Å². The first-order valence-corrected chi connectivity index (χ1v) is 11.2. The van der Waals surface area contributed by atoms with E-state index < -0.39 is 0 Å². The van der Waals surface area contributed by atoms with Crippen molar-refractivity contribution in [3.05, 3.63) is 52.8 Å². The maximum Gasteiger partial charge on any atom is 0.116 e. The highest BCUT2D eigenvalue weighted by atomic mass is 15.1. The SMILES string of the molecule is C=c1c(-c2cc3c(N4CCCCC4)cncc3[nH]2)n[nH]/c1=C/C=C(\C)c1cnc(C)n1C.